The Morgan fingerprint density at radius 3 is 2.57 bits per heavy atom. The molecular formula is C22H36N2O4. The van der Waals surface area contributed by atoms with Crippen molar-refractivity contribution in [1.82, 2.24) is 10.2 Å². The van der Waals surface area contributed by atoms with Crippen molar-refractivity contribution >= 4 is 6.09 Å². The highest BCUT2D eigenvalue weighted by Gasteiger charge is 2.23. The molecule has 158 valence electrons. The number of nitrogens with one attached hydrogen (secondary N) is 1. The van der Waals surface area contributed by atoms with Gasteiger partial charge in [-0.15, -0.1) is 0 Å². The summed E-state index contributed by atoms with van der Waals surface area (Å²) in [6, 6.07) is 6.52. The van der Waals surface area contributed by atoms with Gasteiger partial charge in [0.05, 0.1) is 6.61 Å². The molecule has 0 aliphatic carbocycles. The monoisotopic (exact) mass is 392 g/mol. The molecule has 0 unspecified atom stereocenters. The van der Waals surface area contributed by atoms with E-state index in [1.165, 1.54) is 5.56 Å². The lowest BCUT2D eigenvalue weighted by Gasteiger charge is -2.32. The zero-order chi connectivity index (χ0) is 20.7. The van der Waals surface area contributed by atoms with Gasteiger partial charge in [0, 0.05) is 25.7 Å². The molecule has 1 aliphatic rings. The van der Waals surface area contributed by atoms with Gasteiger partial charge in [-0.2, -0.15) is 0 Å². The van der Waals surface area contributed by atoms with Crippen molar-refractivity contribution in [3.8, 4) is 5.75 Å². The molecule has 6 nitrogen and oxygen atoms in total. The van der Waals surface area contributed by atoms with Crippen LogP contribution >= 0.6 is 0 Å². The van der Waals surface area contributed by atoms with E-state index in [9.17, 15) is 9.90 Å². The third-order valence-electron chi connectivity index (χ3n) is 5.14. The van der Waals surface area contributed by atoms with Gasteiger partial charge in [-0.3, -0.25) is 0 Å². The summed E-state index contributed by atoms with van der Waals surface area (Å²) in [4.78, 5) is 13.5. The molecule has 1 aliphatic heterocycles. The Labute approximate surface area is 169 Å². The second kappa shape index (κ2) is 10.1. The minimum Gasteiger partial charge on any atom is -0.491 e. The number of nitrogens with zero attached hydrogens (tertiary/aromatic N) is 1. The molecule has 1 atom stereocenters. The van der Waals surface area contributed by atoms with E-state index in [4.69, 9.17) is 9.47 Å². The second-order valence-electron chi connectivity index (χ2n) is 8.56. The molecule has 1 fully saturated rings. The van der Waals surface area contributed by atoms with E-state index in [1.54, 1.807) is 4.90 Å². The summed E-state index contributed by atoms with van der Waals surface area (Å²) in [6.07, 6.45) is 0.909. The molecule has 1 amide bonds. The number of carbonyl (C=O) groups excluding carboxylic acids is 1. The molecule has 2 rings (SSSR count). The highest BCUT2D eigenvalue weighted by atomic mass is 16.6. The van der Waals surface area contributed by atoms with Crippen molar-refractivity contribution in [3.05, 3.63) is 29.3 Å². The molecule has 0 spiro atoms. The van der Waals surface area contributed by atoms with Crippen molar-refractivity contribution < 1.29 is 19.4 Å². The van der Waals surface area contributed by atoms with Gasteiger partial charge >= 0.3 is 6.09 Å². The average Bonchev–Trinajstić information content (AvgIpc) is 2.65. The van der Waals surface area contributed by atoms with Crippen LogP contribution < -0.4 is 10.1 Å². The van der Waals surface area contributed by atoms with Crippen LogP contribution in [0.2, 0.25) is 0 Å². The van der Waals surface area contributed by atoms with Crippen LogP contribution in [0.15, 0.2) is 18.2 Å². The number of aryl methyl sites for hydroxylation is 1. The third-order valence-corrected chi connectivity index (χ3v) is 5.14. The van der Waals surface area contributed by atoms with E-state index in [0.717, 1.165) is 24.2 Å². The third kappa shape index (κ3) is 6.67. The minimum absolute atomic E-state index is 0.107. The lowest BCUT2D eigenvalue weighted by molar-refractivity contribution is 0.0859. The maximum absolute atomic E-state index is 11.7. The number of hydrogen-bond donors (Lipinski definition) is 2. The predicted octanol–water partition coefficient (Wildman–Crippen LogP) is 3.24. The number of aliphatic hydroxyl groups is 1. The topological polar surface area (TPSA) is 71.0 Å². The van der Waals surface area contributed by atoms with Crippen LogP contribution in [0.4, 0.5) is 4.79 Å². The van der Waals surface area contributed by atoms with Gasteiger partial charge in [-0.1, -0.05) is 32.9 Å². The summed E-state index contributed by atoms with van der Waals surface area (Å²) in [5, 5.41) is 13.6. The van der Waals surface area contributed by atoms with Crippen molar-refractivity contribution in [2.75, 3.05) is 32.8 Å². The van der Waals surface area contributed by atoms with Crippen LogP contribution in [0.1, 0.15) is 51.7 Å². The number of carbonyl (C=O) groups is 1. The van der Waals surface area contributed by atoms with E-state index >= 15 is 0 Å². The Kier molecular flexibility index (Phi) is 8.13. The van der Waals surface area contributed by atoms with Gasteiger partial charge in [-0.25, -0.2) is 4.79 Å². The number of hydrogen-bond acceptors (Lipinski definition) is 5. The Bertz CT molecular complexity index is 634. The molecule has 0 bridgehead atoms. The number of amides is 1. The molecule has 1 heterocycles. The number of benzene rings is 1. The van der Waals surface area contributed by atoms with E-state index in [-0.39, 0.29) is 18.1 Å². The van der Waals surface area contributed by atoms with Crippen LogP contribution in [-0.4, -0.2) is 61.1 Å². The van der Waals surface area contributed by atoms with Gasteiger partial charge in [0.1, 0.15) is 18.5 Å². The van der Waals surface area contributed by atoms with Crippen LogP contribution in [0.25, 0.3) is 0 Å². The zero-order valence-electron chi connectivity index (χ0n) is 18.0. The standard InChI is InChI=1S/C22H36N2O4/c1-6-27-21(26)24-11-9-18(10-12-24)23-14-19(25)15-28-20-8-7-17(13-16(20)2)22(3,4)5/h7-8,13,18-19,23,25H,6,9-12,14-15H2,1-5H3/t19-/m0/s1. The van der Waals surface area contributed by atoms with E-state index in [1.807, 2.05) is 19.9 Å². The molecule has 0 saturated carbocycles. The lowest BCUT2D eigenvalue weighted by atomic mass is 9.86. The van der Waals surface area contributed by atoms with Gasteiger partial charge in [-0.05, 0) is 49.3 Å². The lowest BCUT2D eigenvalue weighted by Crippen LogP contribution is -2.47. The van der Waals surface area contributed by atoms with Gasteiger partial charge in [0.25, 0.3) is 0 Å². The molecule has 1 aromatic carbocycles. The molecule has 0 aromatic heterocycles. The van der Waals surface area contributed by atoms with Gasteiger partial charge < -0.3 is 24.8 Å². The molecule has 2 N–H and O–H groups in total. The first-order chi connectivity index (χ1) is 13.2. The Morgan fingerprint density at radius 1 is 1.32 bits per heavy atom. The Balaban J connectivity index is 1.71. The van der Waals surface area contributed by atoms with Crippen molar-refractivity contribution in [2.24, 2.45) is 0 Å². The molecule has 6 heteroatoms. The fourth-order valence-electron chi connectivity index (χ4n) is 3.31. The number of likely N-dealkylation sites (tertiary alicyclic amines) is 1. The maximum atomic E-state index is 11.7. The van der Waals surface area contributed by atoms with Gasteiger partial charge in [0.15, 0.2) is 0 Å². The smallest absolute Gasteiger partial charge is 0.409 e. The normalized spacial score (nSPS) is 16.7. The zero-order valence-corrected chi connectivity index (χ0v) is 18.0. The van der Waals surface area contributed by atoms with Gasteiger partial charge in [0.2, 0.25) is 0 Å². The summed E-state index contributed by atoms with van der Waals surface area (Å²) < 4.78 is 10.9. The minimum atomic E-state index is -0.579. The van der Waals surface area contributed by atoms with E-state index in [0.29, 0.717) is 32.3 Å². The first-order valence-corrected chi connectivity index (χ1v) is 10.3. The fourth-order valence-corrected chi connectivity index (χ4v) is 3.31. The highest BCUT2D eigenvalue weighted by molar-refractivity contribution is 5.67. The summed E-state index contributed by atoms with van der Waals surface area (Å²) in [5.74, 6) is 0.815. The first kappa shape index (κ1) is 22.5. The molecule has 1 aromatic rings. The van der Waals surface area contributed by atoms with Crippen molar-refractivity contribution in [1.29, 1.82) is 0 Å². The summed E-state index contributed by atoms with van der Waals surface area (Å²) in [6.45, 7) is 12.9. The molecule has 0 radical (unpaired) electrons. The highest BCUT2D eigenvalue weighted by Crippen LogP contribution is 2.27. The maximum Gasteiger partial charge on any atom is 0.409 e. The quantitative estimate of drug-likeness (QED) is 0.745. The largest absolute Gasteiger partial charge is 0.491 e. The van der Waals surface area contributed by atoms with Crippen LogP contribution in [0, 0.1) is 6.92 Å². The predicted molar refractivity (Wildman–Crippen MR) is 111 cm³/mol. The van der Waals surface area contributed by atoms with E-state index < -0.39 is 6.10 Å². The number of ether oxygens (including phenoxy) is 2. The summed E-state index contributed by atoms with van der Waals surface area (Å²) in [7, 11) is 0. The van der Waals surface area contributed by atoms with Crippen molar-refractivity contribution in [3.63, 3.8) is 0 Å². The van der Waals surface area contributed by atoms with E-state index in [2.05, 4.69) is 38.2 Å². The molecule has 1 saturated heterocycles. The van der Waals surface area contributed by atoms with Crippen LogP contribution in [-0.2, 0) is 10.2 Å². The summed E-state index contributed by atoms with van der Waals surface area (Å²) >= 11 is 0. The fraction of sp³-hybridized carbons (Fsp3) is 0.682. The number of piperidine rings is 1. The van der Waals surface area contributed by atoms with Crippen LogP contribution in [0.3, 0.4) is 0 Å². The SMILES string of the molecule is CCOC(=O)N1CCC(NC[C@H](O)COc2ccc(C(C)(C)C)cc2C)CC1. The summed E-state index contributed by atoms with van der Waals surface area (Å²) in [5.41, 5.74) is 2.46. The van der Waals surface area contributed by atoms with Crippen LogP contribution in [0.5, 0.6) is 5.75 Å². The Hall–Kier alpha value is -1.79. The Morgan fingerprint density at radius 2 is 2.00 bits per heavy atom. The number of rotatable bonds is 7. The average molecular weight is 393 g/mol. The molecular weight excluding hydrogens is 356 g/mol. The van der Waals surface area contributed by atoms with Crippen molar-refractivity contribution in [2.45, 2.75) is 65.0 Å². The second-order valence-corrected chi connectivity index (χ2v) is 8.56. The first-order valence-electron chi connectivity index (χ1n) is 10.3. The number of aliphatic hydroxyl groups excluding tert-OH is 1. The molecule has 28 heavy (non-hydrogen) atoms.